The minimum Gasteiger partial charge on any atom is -0.454 e. The smallest absolute Gasteiger partial charge is 0.269 e. The number of hydrogen-bond acceptors (Lipinski definition) is 6. The molecule has 0 atom stereocenters. The number of ether oxygens (including phenoxy) is 2. The van der Waals surface area contributed by atoms with Gasteiger partial charge in [0.2, 0.25) is 6.79 Å². The maximum absolute atomic E-state index is 11.0. The lowest BCUT2D eigenvalue weighted by Gasteiger charge is -2.11. The Morgan fingerprint density at radius 3 is 2.64 bits per heavy atom. The second kappa shape index (κ2) is 6.19. The molecule has 8 heteroatoms. The molecule has 3 heterocycles. The molecule has 2 aliphatic rings. The molecule has 0 N–H and O–H groups in total. The van der Waals surface area contributed by atoms with Crippen molar-refractivity contribution in [2.24, 2.45) is 5.10 Å². The third-order valence-electron chi connectivity index (χ3n) is 5.00. The average Bonchev–Trinajstić information content (AvgIpc) is 3.28. The molecule has 0 aliphatic carbocycles. The zero-order chi connectivity index (χ0) is 19.3. The van der Waals surface area contributed by atoms with Crippen molar-refractivity contribution >= 4 is 11.4 Å². The summed E-state index contributed by atoms with van der Waals surface area (Å²) in [4.78, 5) is 15.1. The van der Waals surface area contributed by atoms with E-state index in [2.05, 4.69) is 11.9 Å². The SMILES string of the molecule is CCc1cnc2n1N=C(c1ccc([N+](=O)[O-])cc1)c1cc3c(cc1C2)OCO3. The van der Waals surface area contributed by atoms with Crippen LogP contribution in [0.4, 0.5) is 5.69 Å². The molecule has 5 rings (SSSR count). The van der Waals surface area contributed by atoms with Crippen LogP contribution in [-0.4, -0.2) is 27.1 Å². The number of hydrogen-bond donors (Lipinski definition) is 0. The lowest BCUT2D eigenvalue weighted by atomic mass is 9.95. The fourth-order valence-corrected chi connectivity index (χ4v) is 3.54. The first kappa shape index (κ1) is 16.5. The Hall–Kier alpha value is -3.68. The van der Waals surface area contributed by atoms with Crippen LogP contribution in [0.25, 0.3) is 0 Å². The number of imidazole rings is 1. The van der Waals surface area contributed by atoms with Gasteiger partial charge in [0.25, 0.3) is 5.69 Å². The van der Waals surface area contributed by atoms with Crippen LogP contribution < -0.4 is 9.47 Å². The van der Waals surface area contributed by atoms with Crippen molar-refractivity contribution in [2.45, 2.75) is 19.8 Å². The molecule has 0 bridgehead atoms. The highest BCUT2D eigenvalue weighted by Crippen LogP contribution is 2.37. The number of nitro groups is 1. The lowest BCUT2D eigenvalue weighted by Crippen LogP contribution is -2.08. The number of fused-ring (bicyclic) bond motifs is 3. The number of nitrogens with zero attached hydrogens (tertiary/aromatic N) is 4. The van der Waals surface area contributed by atoms with Gasteiger partial charge in [-0.15, -0.1) is 0 Å². The maximum atomic E-state index is 11.0. The van der Waals surface area contributed by atoms with Gasteiger partial charge in [-0.3, -0.25) is 10.1 Å². The molecule has 0 saturated heterocycles. The highest BCUT2D eigenvalue weighted by Gasteiger charge is 2.25. The molecule has 2 aliphatic heterocycles. The second-order valence-electron chi connectivity index (χ2n) is 6.62. The largest absolute Gasteiger partial charge is 0.454 e. The van der Waals surface area contributed by atoms with Gasteiger partial charge in [0.1, 0.15) is 5.82 Å². The summed E-state index contributed by atoms with van der Waals surface area (Å²) in [5, 5.41) is 15.9. The van der Waals surface area contributed by atoms with E-state index < -0.39 is 4.92 Å². The summed E-state index contributed by atoms with van der Waals surface area (Å²) in [5.74, 6) is 2.22. The highest BCUT2D eigenvalue weighted by atomic mass is 16.7. The normalized spacial score (nSPS) is 14.1. The first-order valence-electron chi connectivity index (χ1n) is 8.96. The van der Waals surface area contributed by atoms with Gasteiger partial charge in [0.15, 0.2) is 11.5 Å². The minimum atomic E-state index is -0.409. The first-order valence-corrected chi connectivity index (χ1v) is 8.96. The van der Waals surface area contributed by atoms with Gasteiger partial charge in [0.05, 0.1) is 22.5 Å². The molecule has 2 aromatic carbocycles. The van der Waals surface area contributed by atoms with Crippen molar-refractivity contribution in [3.8, 4) is 11.5 Å². The molecule has 0 fully saturated rings. The Balaban J connectivity index is 1.73. The molecular formula is C20H16N4O4. The van der Waals surface area contributed by atoms with Crippen LogP contribution in [0.5, 0.6) is 11.5 Å². The second-order valence-corrected chi connectivity index (χ2v) is 6.62. The van der Waals surface area contributed by atoms with Crippen molar-refractivity contribution in [1.29, 1.82) is 0 Å². The molecule has 3 aromatic rings. The lowest BCUT2D eigenvalue weighted by molar-refractivity contribution is -0.384. The van der Waals surface area contributed by atoms with E-state index >= 15 is 0 Å². The van der Waals surface area contributed by atoms with Crippen molar-refractivity contribution in [3.63, 3.8) is 0 Å². The monoisotopic (exact) mass is 376 g/mol. The summed E-state index contributed by atoms with van der Waals surface area (Å²) in [6.45, 7) is 2.25. The van der Waals surface area contributed by atoms with Crippen LogP contribution in [0.1, 0.15) is 35.1 Å². The number of aryl methyl sites for hydroxylation is 1. The van der Waals surface area contributed by atoms with Gasteiger partial charge in [-0.2, -0.15) is 5.10 Å². The van der Waals surface area contributed by atoms with Crippen LogP contribution in [0, 0.1) is 10.1 Å². The van der Waals surface area contributed by atoms with E-state index in [1.807, 2.05) is 23.0 Å². The minimum absolute atomic E-state index is 0.0430. The quantitative estimate of drug-likeness (QED) is 0.404. The summed E-state index contributed by atoms with van der Waals surface area (Å²) in [7, 11) is 0. The van der Waals surface area contributed by atoms with Gasteiger partial charge >= 0.3 is 0 Å². The summed E-state index contributed by atoms with van der Waals surface area (Å²) in [6, 6.07) is 10.3. The zero-order valence-corrected chi connectivity index (χ0v) is 15.1. The summed E-state index contributed by atoms with van der Waals surface area (Å²) >= 11 is 0. The summed E-state index contributed by atoms with van der Waals surface area (Å²) in [6.07, 6.45) is 3.24. The third-order valence-corrected chi connectivity index (χ3v) is 5.00. The van der Waals surface area contributed by atoms with Crippen molar-refractivity contribution in [3.05, 3.63) is 80.9 Å². The highest BCUT2D eigenvalue weighted by molar-refractivity contribution is 6.14. The number of rotatable bonds is 3. The molecule has 8 nitrogen and oxygen atoms in total. The number of benzene rings is 2. The van der Waals surface area contributed by atoms with E-state index in [4.69, 9.17) is 14.6 Å². The molecular weight excluding hydrogens is 360 g/mol. The van der Waals surface area contributed by atoms with E-state index in [-0.39, 0.29) is 12.5 Å². The average molecular weight is 376 g/mol. The Bertz CT molecular complexity index is 1130. The van der Waals surface area contributed by atoms with Crippen LogP contribution >= 0.6 is 0 Å². The van der Waals surface area contributed by atoms with Gasteiger partial charge < -0.3 is 9.47 Å². The van der Waals surface area contributed by atoms with Crippen LogP contribution in [0.15, 0.2) is 47.7 Å². The van der Waals surface area contributed by atoms with Gasteiger partial charge in [-0.05, 0) is 36.2 Å². The molecule has 0 radical (unpaired) electrons. The van der Waals surface area contributed by atoms with E-state index in [1.165, 1.54) is 12.1 Å². The molecule has 0 saturated carbocycles. The molecule has 28 heavy (non-hydrogen) atoms. The van der Waals surface area contributed by atoms with Gasteiger partial charge in [0, 0.05) is 29.7 Å². The van der Waals surface area contributed by atoms with Gasteiger partial charge in [-0.25, -0.2) is 9.66 Å². The van der Waals surface area contributed by atoms with E-state index in [0.717, 1.165) is 40.3 Å². The van der Waals surface area contributed by atoms with E-state index in [0.29, 0.717) is 17.9 Å². The summed E-state index contributed by atoms with van der Waals surface area (Å²) < 4.78 is 13.0. The van der Waals surface area contributed by atoms with Crippen molar-refractivity contribution < 1.29 is 14.4 Å². The fraction of sp³-hybridized carbons (Fsp3) is 0.200. The number of nitro benzene ring substituents is 1. The zero-order valence-electron chi connectivity index (χ0n) is 15.1. The van der Waals surface area contributed by atoms with E-state index in [9.17, 15) is 10.1 Å². The number of non-ortho nitro benzene ring substituents is 1. The fourth-order valence-electron chi connectivity index (χ4n) is 3.54. The van der Waals surface area contributed by atoms with E-state index in [1.54, 1.807) is 12.1 Å². The summed E-state index contributed by atoms with van der Waals surface area (Å²) in [5.41, 5.74) is 4.48. The van der Waals surface area contributed by atoms with Crippen molar-refractivity contribution in [1.82, 2.24) is 9.66 Å². The van der Waals surface area contributed by atoms with Crippen LogP contribution in [0.3, 0.4) is 0 Å². The molecule has 1 aromatic heterocycles. The third kappa shape index (κ3) is 2.53. The Morgan fingerprint density at radius 1 is 1.18 bits per heavy atom. The van der Waals surface area contributed by atoms with Crippen molar-refractivity contribution in [2.75, 3.05) is 6.79 Å². The molecule has 140 valence electrons. The van der Waals surface area contributed by atoms with Gasteiger partial charge in [-0.1, -0.05) is 6.92 Å². The first-order chi connectivity index (χ1) is 13.6. The van der Waals surface area contributed by atoms with Crippen LogP contribution in [-0.2, 0) is 12.8 Å². The number of aromatic nitrogens is 2. The van der Waals surface area contributed by atoms with Crippen LogP contribution in [0.2, 0.25) is 0 Å². The maximum Gasteiger partial charge on any atom is 0.269 e. The predicted octanol–water partition coefficient (Wildman–Crippen LogP) is 3.29. The molecule has 0 unspecified atom stereocenters. The Labute approximate surface area is 160 Å². The standard InChI is InChI=1S/C20H16N4O4/c1-2-14-10-21-19-8-13-7-17-18(28-11-27-17)9-16(13)20(22-23(14)19)12-3-5-15(6-4-12)24(25)26/h3-7,9-10H,2,8,11H2,1H3. The molecule has 0 spiro atoms. The Morgan fingerprint density at radius 2 is 1.93 bits per heavy atom. The molecule has 0 amide bonds. The Kier molecular flexibility index (Phi) is 3.65. The predicted molar refractivity (Wildman–Crippen MR) is 101 cm³/mol. The topological polar surface area (TPSA) is 91.8 Å².